The molecule has 7 heteroatoms. The van der Waals surface area contributed by atoms with E-state index in [0.29, 0.717) is 25.3 Å². The van der Waals surface area contributed by atoms with Crippen LogP contribution >= 0.6 is 15.9 Å². The number of benzene rings is 1. The summed E-state index contributed by atoms with van der Waals surface area (Å²) in [4.78, 5) is 11.9. The van der Waals surface area contributed by atoms with E-state index in [9.17, 15) is 13.2 Å². The van der Waals surface area contributed by atoms with E-state index in [1.54, 1.807) is 0 Å². The van der Waals surface area contributed by atoms with E-state index in [1.807, 2.05) is 0 Å². The molecule has 0 radical (unpaired) electrons. The fraction of sp³-hybridized carbons (Fsp3) is 0.417. The molecule has 0 saturated carbocycles. The molecule has 5 nitrogen and oxygen atoms in total. The Morgan fingerprint density at radius 1 is 1.26 bits per heavy atom. The average molecular weight is 350 g/mol. The molecule has 1 aromatic rings. The van der Waals surface area contributed by atoms with E-state index in [-0.39, 0.29) is 10.8 Å². The number of amides is 1. The lowest BCUT2D eigenvalue weighted by Gasteiger charge is -2.06. The van der Waals surface area contributed by atoms with E-state index in [1.165, 1.54) is 24.3 Å². The van der Waals surface area contributed by atoms with Crippen molar-refractivity contribution >= 4 is 31.7 Å². The first-order valence-corrected chi connectivity index (χ1v) is 8.68. The highest BCUT2D eigenvalue weighted by Gasteiger charge is 2.09. The van der Waals surface area contributed by atoms with Crippen molar-refractivity contribution in [1.82, 2.24) is 5.32 Å². The third-order valence-electron chi connectivity index (χ3n) is 2.30. The first-order valence-electron chi connectivity index (χ1n) is 5.67. The smallest absolute Gasteiger partial charge is 0.251 e. The van der Waals surface area contributed by atoms with Crippen molar-refractivity contribution in [2.45, 2.75) is 4.90 Å². The van der Waals surface area contributed by atoms with Crippen LogP contribution in [0.1, 0.15) is 10.4 Å². The van der Waals surface area contributed by atoms with Crippen LogP contribution in [0.4, 0.5) is 0 Å². The van der Waals surface area contributed by atoms with Gasteiger partial charge >= 0.3 is 0 Å². The van der Waals surface area contributed by atoms with E-state index >= 15 is 0 Å². The van der Waals surface area contributed by atoms with E-state index in [4.69, 9.17) is 4.74 Å². The number of alkyl halides is 1. The third-order valence-corrected chi connectivity index (χ3v) is 3.75. The van der Waals surface area contributed by atoms with Gasteiger partial charge in [-0.15, -0.1) is 0 Å². The van der Waals surface area contributed by atoms with Crippen LogP contribution in [0.25, 0.3) is 0 Å². The molecule has 1 aromatic carbocycles. The molecule has 1 amide bonds. The minimum absolute atomic E-state index is 0.199. The molecular formula is C12H16BrNO4S. The third kappa shape index (κ3) is 5.71. The summed E-state index contributed by atoms with van der Waals surface area (Å²) < 4.78 is 27.7. The zero-order valence-corrected chi connectivity index (χ0v) is 13.0. The highest BCUT2D eigenvalue weighted by atomic mass is 79.9. The predicted molar refractivity (Wildman–Crippen MR) is 76.5 cm³/mol. The predicted octanol–water partition coefficient (Wildman–Crippen LogP) is 1.23. The van der Waals surface area contributed by atoms with E-state index < -0.39 is 9.84 Å². The maximum Gasteiger partial charge on any atom is 0.251 e. The molecular weight excluding hydrogens is 334 g/mol. The standard InChI is InChI=1S/C12H16BrNO4S/c1-19(16,17)11-4-2-10(3-5-11)12(15)14-7-9-18-8-6-13/h2-5H,6-9H2,1H3,(H,14,15). The Morgan fingerprint density at radius 3 is 2.42 bits per heavy atom. The van der Waals surface area contributed by atoms with Gasteiger partial charge in [-0.05, 0) is 24.3 Å². The highest BCUT2D eigenvalue weighted by Crippen LogP contribution is 2.10. The number of sulfone groups is 1. The van der Waals surface area contributed by atoms with Crippen molar-refractivity contribution in [3.8, 4) is 0 Å². The van der Waals surface area contributed by atoms with Gasteiger partial charge in [-0.25, -0.2) is 8.42 Å². The van der Waals surface area contributed by atoms with Gasteiger partial charge in [-0.1, -0.05) is 15.9 Å². The van der Waals surface area contributed by atoms with Gasteiger partial charge in [-0.3, -0.25) is 4.79 Å². The molecule has 0 aliphatic rings. The van der Waals surface area contributed by atoms with Gasteiger partial charge < -0.3 is 10.1 Å². The second-order valence-electron chi connectivity index (χ2n) is 3.85. The van der Waals surface area contributed by atoms with Crippen LogP contribution in [0.2, 0.25) is 0 Å². The fourth-order valence-corrected chi connectivity index (χ4v) is 2.21. The van der Waals surface area contributed by atoms with Gasteiger partial charge in [0.2, 0.25) is 0 Å². The van der Waals surface area contributed by atoms with Crippen molar-refractivity contribution in [2.24, 2.45) is 0 Å². The molecule has 0 heterocycles. The molecule has 0 spiro atoms. The molecule has 0 fully saturated rings. The second kappa shape index (κ2) is 7.62. The lowest BCUT2D eigenvalue weighted by Crippen LogP contribution is -2.27. The molecule has 0 aliphatic carbocycles. The molecule has 0 aromatic heterocycles. The Labute approximate surface area is 121 Å². The Balaban J connectivity index is 2.50. The van der Waals surface area contributed by atoms with Crippen molar-refractivity contribution in [3.05, 3.63) is 29.8 Å². The summed E-state index contributed by atoms with van der Waals surface area (Å²) >= 11 is 3.23. The summed E-state index contributed by atoms with van der Waals surface area (Å²) in [5.41, 5.74) is 0.424. The number of carbonyl (C=O) groups excluding carboxylic acids is 1. The molecule has 0 bridgehead atoms. The minimum atomic E-state index is -3.23. The van der Waals surface area contributed by atoms with Gasteiger partial charge in [0.15, 0.2) is 9.84 Å². The number of ether oxygens (including phenoxy) is 1. The first kappa shape index (κ1) is 16.1. The summed E-state index contributed by atoms with van der Waals surface area (Å²) in [5, 5.41) is 3.45. The van der Waals surface area contributed by atoms with Crippen molar-refractivity contribution in [1.29, 1.82) is 0 Å². The van der Waals surface area contributed by atoms with Gasteiger partial charge in [-0.2, -0.15) is 0 Å². The molecule has 1 N–H and O–H groups in total. The van der Waals surface area contributed by atoms with Crippen LogP contribution in [0.3, 0.4) is 0 Å². The maximum atomic E-state index is 11.7. The van der Waals surface area contributed by atoms with Crippen molar-refractivity contribution < 1.29 is 17.9 Å². The number of hydrogen-bond donors (Lipinski definition) is 1. The van der Waals surface area contributed by atoms with Gasteiger partial charge in [0.05, 0.1) is 18.1 Å². The first-order chi connectivity index (χ1) is 8.95. The molecule has 0 unspecified atom stereocenters. The largest absolute Gasteiger partial charge is 0.379 e. The van der Waals surface area contributed by atoms with E-state index in [2.05, 4.69) is 21.2 Å². The summed E-state index contributed by atoms with van der Waals surface area (Å²) in [7, 11) is -3.23. The van der Waals surface area contributed by atoms with Crippen molar-refractivity contribution in [3.63, 3.8) is 0 Å². The zero-order chi connectivity index (χ0) is 14.3. The minimum Gasteiger partial charge on any atom is -0.379 e. The number of halogens is 1. The Bertz CT molecular complexity index is 513. The summed E-state index contributed by atoms with van der Waals surface area (Å²) in [6.45, 7) is 1.46. The molecule has 19 heavy (non-hydrogen) atoms. The average Bonchev–Trinajstić information content (AvgIpc) is 2.37. The molecule has 0 aliphatic heterocycles. The van der Waals surface area contributed by atoms with Crippen LogP contribution in [0.5, 0.6) is 0 Å². The number of rotatable bonds is 7. The van der Waals surface area contributed by atoms with Crippen molar-refractivity contribution in [2.75, 3.05) is 31.3 Å². The van der Waals surface area contributed by atoms with Crippen LogP contribution in [-0.4, -0.2) is 45.7 Å². The fourth-order valence-electron chi connectivity index (χ4n) is 1.35. The Hall–Kier alpha value is -0.920. The van der Waals surface area contributed by atoms with Crippen LogP contribution in [0, 0.1) is 0 Å². The SMILES string of the molecule is CS(=O)(=O)c1ccc(C(=O)NCCOCCBr)cc1. The van der Waals surface area contributed by atoms with Crippen LogP contribution in [-0.2, 0) is 14.6 Å². The topological polar surface area (TPSA) is 72.5 Å². The van der Waals surface area contributed by atoms with Gasteiger partial charge in [0.25, 0.3) is 5.91 Å². The number of hydrogen-bond acceptors (Lipinski definition) is 4. The Morgan fingerprint density at radius 2 is 1.89 bits per heavy atom. The van der Waals surface area contributed by atoms with Gasteiger partial charge in [0, 0.05) is 23.7 Å². The normalized spacial score (nSPS) is 11.3. The van der Waals surface area contributed by atoms with Gasteiger partial charge in [0.1, 0.15) is 0 Å². The summed E-state index contributed by atoms with van der Waals surface area (Å²) in [6, 6.07) is 5.83. The lowest BCUT2D eigenvalue weighted by molar-refractivity contribution is 0.0924. The van der Waals surface area contributed by atoms with Crippen LogP contribution in [0.15, 0.2) is 29.2 Å². The second-order valence-corrected chi connectivity index (χ2v) is 6.66. The van der Waals surface area contributed by atoms with Crippen LogP contribution < -0.4 is 5.32 Å². The maximum absolute atomic E-state index is 11.7. The van der Waals surface area contributed by atoms with E-state index in [0.717, 1.165) is 11.6 Å². The molecule has 1 rings (SSSR count). The number of nitrogens with one attached hydrogen (secondary N) is 1. The molecule has 0 saturated heterocycles. The number of carbonyl (C=O) groups is 1. The molecule has 0 atom stereocenters. The molecule has 106 valence electrons. The monoisotopic (exact) mass is 349 g/mol. The Kier molecular flexibility index (Phi) is 6.47. The summed E-state index contributed by atoms with van der Waals surface area (Å²) in [5.74, 6) is -0.248. The lowest BCUT2D eigenvalue weighted by atomic mass is 10.2. The zero-order valence-electron chi connectivity index (χ0n) is 10.6. The highest BCUT2D eigenvalue weighted by molar-refractivity contribution is 9.09. The summed E-state index contributed by atoms with van der Waals surface area (Å²) in [6.07, 6.45) is 1.13. The quantitative estimate of drug-likeness (QED) is 0.593.